The van der Waals surface area contributed by atoms with E-state index >= 15 is 0 Å². The molecule has 2 rings (SSSR count). The van der Waals surface area contributed by atoms with Gasteiger partial charge in [0.15, 0.2) is 0 Å². The fraction of sp³-hybridized carbons (Fsp3) is 0.846. The van der Waals surface area contributed by atoms with Crippen LogP contribution < -0.4 is 0 Å². The third-order valence-corrected chi connectivity index (χ3v) is 4.14. The van der Waals surface area contributed by atoms with Crippen LogP contribution in [0.5, 0.6) is 0 Å². The lowest BCUT2D eigenvalue weighted by molar-refractivity contribution is -0.143. The zero-order valence-corrected chi connectivity index (χ0v) is 10.0. The Morgan fingerprint density at radius 1 is 1.31 bits per heavy atom. The lowest BCUT2D eigenvalue weighted by Gasteiger charge is -2.36. The Hall–Kier alpha value is -1.04. The van der Waals surface area contributed by atoms with Crippen LogP contribution in [0.2, 0.25) is 0 Å². The Kier molecular flexibility index (Phi) is 3.18. The molecule has 0 bridgehead atoms. The van der Waals surface area contributed by atoms with Crippen molar-refractivity contribution in [3.8, 4) is 6.07 Å². The summed E-state index contributed by atoms with van der Waals surface area (Å²) in [5.74, 6) is 0.233. The Bertz CT molecular complexity index is 312. The van der Waals surface area contributed by atoms with Gasteiger partial charge in [0.2, 0.25) is 5.91 Å². The van der Waals surface area contributed by atoms with Crippen LogP contribution in [0.25, 0.3) is 0 Å². The molecule has 1 aliphatic carbocycles. The minimum Gasteiger partial charge on any atom is -0.326 e. The van der Waals surface area contributed by atoms with Crippen LogP contribution in [-0.4, -0.2) is 23.4 Å². The largest absolute Gasteiger partial charge is 0.326 e. The number of nitriles is 1. The van der Waals surface area contributed by atoms with E-state index in [4.69, 9.17) is 5.26 Å². The van der Waals surface area contributed by atoms with E-state index < -0.39 is 0 Å². The van der Waals surface area contributed by atoms with Crippen molar-refractivity contribution in [1.82, 2.24) is 4.90 Å². The Labute approximate surface area is 97.4 Å². The lowest BCUT2D eigenvalue weighted by Crippen LogP contribution is -2.45. The van der Waals surface area contributed by atoms with Gasteiger partial charge in [-0.05, 0) is 25.7 Å². The van der Waals surface area contributed by atoms with E-state index in [1.165, 1.54) is 6.42 Å². The van der Waals surface area contributed by atoms with Crippen LogP contribution in [0.15, 0.2) is 0 Å². The summed E-state index contributed by atoms with van der Waals surface area (Å²) in [6, 6.07) is 2.10. The van der Waals surface area contributed by atoms with E-state index in [0.29, 0.717) is 0 Å². The molecule has 0 aromatic heterocycles. The molecule has 0 aromatic carbocycles. The van der Waals surface area contributed by atoms with E-state index in [1.54, 1.807) is 0 Å². The van der Waals surface area contributed by atoms with Gasteiger partial charge in [-0.1, -0.05) is 26.2 Å². The number of rotatable bonds is 1. The smallest absolute Gasteiger partial charge is 0.229 e. The molecule has 16 heavy (non-hydrogen) atoms. The van der Waals surface area contributed by atoms with E-state index in [0.717, 1.165) is 45.1 Å². The maximum Gasteiger partial charge on any atom is 0.229 e. The Balaban J connectivity index is 2.09. The van der Waals surface area contributed by atoms with Crippen LogP contribution in [0.4, 0.5) is 0 Å². The zero-order valence-electron chi connectivity index (χ0n) is 10.0. The molecule has 1 saturated heterocycles. The predicted octanol–water partition coefficient (Wildman–Crippen LogP) is 2.47. The minimum absolute atomic E-state index is 0.161. The number of nitrogens with zero attached hydrogens (tertiary/aromatic N) is 2. The number of carbonyl (C=O) groups excluding carboxylic acids is 1. The number of likely N-dealkylation sites (tertiary alicyclic amines) is 1. The van der Waals surface area contributed by atoms with E-state index in [1.807, 2.05) is 4.90 Å². The molecule has 3 nitrogen and oxygen atoms in total. The number of carbonyl (C=O) groups is 1. The fourth-order valence-electron chi connectivity index (χ4n) is 3.04. The maximum absolute atomic E-state index is 12.5. The molecule has 1 heterocycles. The quantitative estimate of drug-likeness (QED) is 0.681. The van der Waals surface area contributed by atoms with Crippen molar-refractivity contribution in [1.29, 1.82) is 5.26 Å². The van der Waals surface area contributed by atoms with Crippen molar-refractivity contribution in [3.05, 3.63) is 0 Å². The highest BCUT2D eigenvalue weighted by molar-refractivity contribution is 5.83. The van der Waals surface area contributed by atoms with E-state index in [2.05, 4.69) is 13.0 Å². The summed E-state index contributed by atoms with van der Waals surface area (Å²) in [6.45, 7) is 2.87. The van der Waals surface area contributed by atoms with Gasteiger partial charge in [0.05, 0.1) is 6.07 Å². The molecule has 88 valence electrons. The molecular formula is C13H20N2O. The van der Waals surface area contributed by atoms with Crippen molar-refractivity contribution >= 4 is 5.91 Å². The predicted molar refractivity (Wildman–Crippen MR) is 61.5 cm³/mol. The molecular weight excluding hydrogens is 200 g/mol. The molecule has 1 amide bonds. The summed E-state index contributed by atoms with van der Waals surface area (Å²) in [5.41, 5.74) is -0.183. The van der Waals surface area contributed by atoms with Gasteiger partial charge in [0.25, 0.3) is 0 Å². The van der Waals surface area contributed by atoms with Crippen molar-refractivity contribution < 1.29 is 4.79 Å². The molecule has 0 radical (unpaired) electrons. The third kappa shape index (κ3) is 1.93. The molecule has 0 N–H and O–H groups in total. The van der Waals surface area contributed by atoms with Gasteiger partial charge in [-0.25, -0.2) is 0 Å². The highest BCUT2D eigenvalue weighted by Gasteiger charge is 2.41. The Morgan fingerprint density at radius 3 is 2.62 bits per heavy atom. The highest BCUT2D eigenvalue weighted by atomic mass is 16.2. The van der Waals surface area contributed by atoms with E-state index in [-0.39, 0.29) is 17.4 Å². The molecule has 1 atom stereocenters. The van der Waals surface area contributed by atoms with Crippen LogP contribution in [-0.2, 0) is 4.79 Å². The first-order valence-corrected chi connectivity index (χ1v) is 6.38. The zero-order chi connectivity index (χ0) is 11.6. The van der Waals surface area contributed by atoms with E-state index in [9.17, 15) is 4.79 Å². The third-order valence-electron chi connectivity index (χ3n) is 4.14. The van der Waals surface area contributed by atoms with Gasteiger partial charge in [-0.15, -0.1) is 0 Å². The monoisotopic (exact) mass is 220 g/mol. The van der Waals surface area contributed by atoms with Crippen molar-refractivity contribution in [2.24, 2.45) is 5.41 Å². The summed E-state index contributed by atoms with van der Waals surface area (Å²) in [5, 5.41) is 9.02. The average Bonchev–Trinajstić information content (AvgIpc) is 2.77. The van der Waals surface area contributed by atoms with Crippen molar-refractivity contribution in [2.75, 3.05) is 6.54 Å². The summed E-state index contributed by atoms with van der Waals surface area (Å²) in [6.07, 6.45) is 7.42. The average molecular weight is 220 g/mol. The molecule has 0 aromatic rings. The maximum atomic E-state index is 12.5. The molecule has 1 saturated carbocycles. The van der Waals surface area contributed by atoms with Gasteiger partial charge < -0.3 is 4.90 Å². The van der Waals surface area contributed by atoms with Crippen LogP contribution in [0.1, 0.15) is 51.9 Å². The van der Waals surface area contributed by atoms with Crippen molar-refractivity contribution in [3.63, 3.8) is 0 Å². The van der Waals surface area contributed by atoms with Crippen LogP contribution in [0, 0.1) is 16.7 Å². The van der Waals surface area contributed by atoms with Gasteiger partial charge >= 0.3 is 0 Å². The van der Waals surface area contributed by atoms with Crippen LogP contribution in [0.3, 0.4) is 0 Å². The molecule has 3 heteroatoms. The molecule has 1 unspecified atom stereocenters. The van der Waals surface area contributed by atoms with Crippen LogP contribution >= 0.6 is 0 Å². The second-order valence-electron chi connectivity index (χ2n) is 5.41. The summed E-state index contributed by atoms with van der Waals surface area (Å²) < 4.78 is 0. The number of hydrogen-bond donors (Lipinski definition) is 0. The second-order valence-corrected chi connectivity index (χ2v) is 5.41. The topological polar surface area (TPSA) is 44.1 Å². The first kappa shape index (κ1) is 11.4. The van der Waals surface area contributed by atoms with Gasteiger partial charge in [-0.2, -0.15) is 5.26 Å². The van der Waals surface area contributed by atoms with Crippen molar-refractivity contribution in [2.45, 2.75) is 57.9 Å². The summed E-state index contributed by atoms with van der Waals surface area (Å²) in [4.78, 5) is 14.3. The summed E-state index contributed by atoms with van der Waals surface area (Å²) >= 11 is 0. The SMILES string of the molecule is CC1(C(=O)N2CCCC2C#N)CCCCC1. The minimum atomic E-state index is -0.183. The Morgan fingerprint density at radius 2 is 2.00 bits per heavy atom. The van der Waals surface area contributed by atoms with Gasteiger partial charge in [-0.3, -0.25) is 4.79 Å². The normalized spacial score (nSPS) is 28.8. The second kappa shape index (κ2) is 4.45. The van der Waals surface area contributed by atoms with Gasteiger partial charge in [0, 0.05) is 12.0 Å². The standard InChI is InChI=1S/C13H20N2O/c1-13(7-3-2-4-8-13)12(16)15-9-5-6-11(15)10-14/h11H,2-9H2,1H3. The number of amides is 1. The highest BCUT2D eigenvalue weighted by Crippen LogP contribution is 2.38. The molecule has 0 spiro atoms. The fourth-order valence-corrected chi connectivity index (χ4v) is 3.04. The first-order valence-electron chi connectivity index (χ1n) is 6.38. The molecule has 2 fully saturated rings. The summed E-state index contributed by atoms with van der Waals surface area (Å²) in [7, 11) is 0. The lowest BCUT2D eigenvalue weighted by atomic mass is 9.74. The first-order chi connectivity index (χ1) is 7.67. The molecule has 2 aliphatic rings. The van der Waals surface area contributed by atoms with Gasteiger partial charge in [0.1, 0.15) is 6.04 Å². The molecule has 1 aliphatic heterocycles. The number of hydrogen-bond acceptors (Lipinski definition) is 2.